The predicted octanol–water partition coefficient (Wildman–Crippen LogP) is 6.36. The highest BCUT2D eigenvalue weighted by molar-refractivity contribution is 6.53. The molecule has 12 heteroatoms. The average Bonchev–Trinajstić information content (AvgIpc) is 3.43. The van der Waals surface area contributed by atoms with Crippen LogP contribution >= 0.6 is 34.8 Å². The van der Waals surface area contributed by atoms with Crippen LogP contribution in [0.4, 0.5) is 25.8 Å². The first-order chi connectivity index (χ1) is 17.9. The van der Waals surface area contributed by atoms with Crippen LogP contribution in [0, 0.1) is 17.6 Å². The summed E-state index contributed by atoms with van der Waals surface area (Å²) in [6.45, 7) is 1.37. The fourth-order valence-corrected chi connectivity index (χ4v) is 5.09. The van der Waals surface area contributed by atoms with Crippen molar-refractivity contribution in [3.63, 3.8) is 0 Å². The summed E-state index contributed by atoms with van der Waals surface area (Å²) < 4.78 is 31.9. The van der Waals surface area contributed by atoms with E-state index >= 15 is 0 Å². The Kier molecular flexibility index (Phi) is 7.83. The Labute approximate surface area is 231 Å². The molecule has 3 aromatic carbocycles. The van der Waals surface area contributed by atoms with Crippen LogP contribution in [-0.2, 0) is 9.59 Å². The van der Waals surface area contributed by atoms with E-state index in [9.17, 15) is 23.2 Å². The van der Waals surface area contributed by atoms with Crippen LogP contribution in [0.3, 0.4) is 0 Å². The molecule has 0 saturated heterocycles. The lowest BCUT2D eigenvalue weighted by molar-refractivity contribution is -0.117. The van der Waals surface area contributed by atoms with Gasteiger partial charge in [-0.1, -0.05) is 17.7 Å². The van der Waals surface area contributed by atoms with E-state index in [-0.39, 0.29) is 27.9 Å². The van der Waals surface area contributed by atoms with Gasteiger partial charge in [0.05, 0.1) is 23.6 Å². The first kappa shape index (κ1) is 27.6. The van der Waals surface area contributed by atoms with Gasteiger partial charge >= 0.3 is 0 Å². The summed E-state index contributed by atoms with van der Waals surface area (Å²) in [6, 6.07) is 12.4. The van der Waals surface area contributed by atoms with Gasteiger partial charge in [0.1, 0.15) is 10.2 Å². The predicted molar refractivity (Wildman–Crippen MR) is 142 cm³/mol. The highest BCUT2D eigenvalue weighted by Gasteiger charge is 2.67. The first-order valence-electron chi connectivity index (χ1n) is 11.1. The van der Waals surface area contributed by atoms with Crippen LogP contribution in [0.2, 0.25) is 5.02 Å². The van der Waals surface area contributed by atoms with Crippen molar-refractivity contribution in [3.05, 3.63) is 82.4 Å². The normalized spacial score (nSPS) is 17.3. The molecule has 7 nitrogen and oxygen atoms in total. The maximum absolute atomic E-state index is 14.8. The van der Waals surface area contributed by atoms with E-state index in [4.69, 9.17) is 39.5 Å². The van der Waals surface area contributed by atoms with Crippen LogP contribution in [0.5, 0.6) is 5.75 Å². The van der Waals surface area contributed by atoms with Gasteiger partial charge in [0.25, 0.3) is 5.91 Å². The number of rotatable bonds is 7. The molecule has 0 aromatic heterocycles. The Balaban J connectivity index is 1.53. The third-order valence-corrected chi connectivity index (χ3v) is 7.09. The Hall–Kier alpha value is -3.40. The summed E-state index contributed by atoms with van der Waals surface area (Å²) in [7, 11) is 1.20. The minimum Gasteiger partial charge on any atom is -0.493 e. The molecule has 0 heterocycles. The van der Waals surface area contributed by atoms with Crippen molar-refractivity contribution in [1.82, 2.24) is 0 Å². The number of carbonyl (C=O) groups excluding carboxylic acids is 3. The standard InChI is InChI=1S/C26H20Cl3F2N3O4/c1-12(35)32-14-4-6-15(7-5-14)33-24(36)17-10-16(11-20(31)23(17)38-2)34-25(37)22-21(26(22,28)29)13-3-8-19(30)18(27)9-13/h3-11,21-22H,1-2H3,(H,32,35)(H,33,36)(H,34,37). The molecule has 0 radical (unpaired) electrons. The number of nitrogens with one attached hydrogen (secondary N) is 3. The fraction of sp³-hybridized carbons (Fsp3) is 0.192. The van der Waals surface area contributed by atoms with Crippen LogP contribution in [0.15, 0.2) is 54.6 Å². The second-order valence-electron chi connectivity index (χ2n) is 8.54. The molecule has 0 spiro atoms. The number of amides is 3. The van der Waals surface area contributed by atoms with Gasteiger partial charge in [-0.05, 0) is 48.0 Å². The van der Waals surface area contributed by atoms with E-state index in [2.05, 4.69) is 16.0 Å². The minimum atomic E-state index is -1.50. The summed E-state index contributed by atoms with van der Waals surface area (Å²) in [5.41, 5.74) is 1.14. The molecule has 1 fully saturated rings. The number of benzene rings is 3. The SMILES string of the molecule is COc1c(F)cc(NC(=O)C2C(c3ccc(F)c(Cl)c3)C2(Cl)Cl)cc1C(=O)Nc1ccc(NC(C)=O)cc1. The van der Waals surface area contributed by atoms with Crippen molar-refractivity contribution in [1.29, 1.82) is 0 Å². The molecule has 1 aliphatic rings. The number of carbonyl (C=O) groups is 3. The van der Waals surface area contributed by atoms with Crippen molar-refractivity contribution in [2.45, 2.75) is 17.2 Å². The molecule has 2 atom stereocenters. The van der Waals surface area contributed by atoms with Crippen LogP contribution < -0.4 is 20.7 Å². The molecule has 2 unspecified atom stereocenters. The number of anilines is 3. The molecule has 1 saturated carbocycles. The van der Waals surface area contributed by atoms with Gasteiger partial charge in [0.15, 0.2) is 11.6 Å². The van der Waals surface area contributed by atoms with Gasteiger partial charge in [-0.15, -0.1) is 23.2 Å². The molecule has 3 aromatic rings. The van der Waals surface area contributed by atoms with Crippen molar-refractivity contribution in [2.24, 2.45) is 5.92 Å². The molecule has 1 aliphatic carbocycles. The van der Waals surface area contributed by atoms with Crippen molar-refractivity contribution < 1.29 is 27.9 Å². The number of alkyl halides is 2. The zero-order valence-corrected chi connectivity index (χ0v) is 22.1. The Morgan fingerprint density at radius 3 is 2.08 bits per heavy atom. The second kappa shape index (κ2) is 10.8. The van der Waals surface area contributed by atoms with E-state index in [1.54, 1.807) is 24.3 Å². The Morgan fingerprint density at radius 2 is 1.50 bits per heavy atom. The summed E-state index contributed by atoms with van der Waals surface area (Å²) in [5, 5.41) is 7.60. The van der Waals surface area contributed by atoms with Crippen molar-refractivity contribution >= 4 is 69.6 Å². The molecule has 38 heavy (non-hydrogen) atoms. The van der Waals surface area contributed by atoms with Crippen LogP contribution in [0.1, 0.15) is 28.8 Å². The topological polar surface area (TPSA) is 96.5 Å². The van der Waals surface area contributed by atoms with Crippen LogP contribution in [0.25, 0.3) is 0 Å². The maximum atomic E-state index is 14.8. The lowest BCUT2D eigenvalue weighted by Gasteiger charge is -2.14. The Bertz CT molecular complexity index is 1430. The number of ether oxygens (including phenoxy) is 1. The molecule has 0 aliphatic heterocycles. The number of hydrogen-bond donors (Lipinski definition) is 3. The zero-order chi connectivity index (χ0) is 27.8. The quantitative estimate of drug-likeness (QED) is 0.282. The lowest BCUT2D eigenvalue weighted by atomic mass is 10.1. The summed E-state index contributed by atoms with van der Waals surface area (Å²) in [4.78, 5) is 37.1. The third kappa shape index (κ3) is 5.70. The highest BCUT2D eigenvalue weighted by Crippen LogP contribution is 2.65. The lowest BCUT2D eigenvalue weighted by Crippen LogP contribution is -2.19. The highest BCUT2D eigenvalue weighted by atomic mass is 35.5. The molecular weight excluding hydrogens is 563 g/mol. The smallest absolute Gasteiger partial charge is 0.259 e. The van der Waals surface area contributed by atoms with E-state index in [1.165, 1.54) is 32.2 Å². The summed E-state index contributed by atoms with van der Waals surface area (Å²) in [5.74, 6) is -5.08. The van der Waals surface area contributed by atoms with E-state index < -0.39 is 39.6 Å². The number of halogens is 5. The monoisotopic (exact) mass is 581 g/mol. The van der Waals surface area contributed by atoms with Gasteiger partial charge in [-0.3, -0.25) is 14.4 Å². The van der Waals surface area contributed by atoms with E-state index in [0.29, 0.717) is 16.9 Å². The molecular formula is C26H20Cl3F2N3O4. The van der Waals surface area contributed by atoms with Crippen molar-refractivity contribution in [3.8, 4) is 5.75 Å². The maximum Gasteiger partial charge on any atom is 0.259 e. The molecule has 0 bridgehead atoms. The molecule has 3 amide bonds. The Morgan fingerprint density at radius 1 is 0.868 bits per heavy atom. The average molecular weight is 583 g/mol. The summed E-state index contributed by atoms with van der Waals surface area (Å²) >= 11 is 18.5. The minimum absolute atomic E-state index is 0.0358. The molecule has 198 valence electrons. The van der Waals surface area contributed by atoms with Gasteiger partial charge < -0.3 is 20.7 Å². The number of methoxy groups -OCH3 is 1. The third-order valence-electron chi connectivity index (χ3n) is 5.86. The number of hydrogen-bond acceptors (Lipinski definition) is 4. The van der Waals surface area contributed by atoms with Crippen molar-refractivity contribution in [2.75, 3.05) is 23.1 Å². The van der Waals surface area contributed by atoms with Gasteiger partial charge in [-0.25, -0.2) is 8.78 Å². The van der Waals surface area contributed by atoms with Gasteiger partial charge in [0.2, 0.25) is 11.8 Å². The molecule has 4 rings (SSSR count). The first-order valence-corrected chi connectivity index (χ1v) is 12.3. The van der Waals surface area contributed by atoms with Gasteiger partial charge in [-0.2, -0.15) is 0 Å². The van der Waals surface area contributed by atoms with E-state index in [1.807, 2.05) is 0 Å². The summed E-state index contributed by atoms with van der Waals surface area (Å²) in [6.07, 6.45) is 0. The second-order valence-corrected chi connectivity index (χ2v) is 10.4. The van der Waals surface area contributed by atoms with Crippen LogP contribution in [-0.4, -0.2) is 29.2 Å². The fourth-order valence-electron chi connectivity index (χ4n) is 4.07. The van der Waals surface area contributed by atoms with Gasteiger partial charge in [0, 0.05) is 36.0 Å². The van der Waals surface area contributed by atoms with E-state index in [0.717, 1.165) is 12.1 Å². The zero-order valence-electron chi connectivity index (χ0n) is 19.9. The molecule has 3 N–H and O–H groups in total. The largest absolute Gasteiger partial charge is 0.493 e.